The number of thioether (sulfide) groups is 1. The van der Waals surface area contributed by atoms with Gasteiger partial charge >= 0.3 is 6.18 Å². The van der Waals surface area contributed by atoms with E-state index in [2.05, 4.69) is 15.3 Å². The fraction of sp³-hybridized carbons (Fsp3) is 0.600. The monoisotopic (exact) mass is 280 g/mol. The van der Waals surface area contributed by atoms with Gasteiger partial charge < -0.3 is 11.1 Å². The van der Waals surface area contributed by atoms with Gasteiger partial charge in [-0.1, -0.05) is 0 Å². The van der Waals surface area contributed by atoms with Crippen LogP contribution in [0.3, 0.4) is 0 Å². The van der Waals surface area contributed by atoms with Gasteiger partial charge in [0.2, 0.25) is 5.95 Å². The Bertz CT molecular complexity index is 384. The van der Waals surface area contributed by atoms with E-state index in [1.165, 1.54) is 0 Å². The third-order valence-corrected chi connectivity index (χ3v) is 2.81. The zero-order valence-electron chi connectivity index (χ0n) is 9.92. The van der Waals surface area contributed by atoms with Crippen molar-refractivity contribution < 1.29 is 13.2 Å². The predicted molar refractivity (Wildman–Crippen MR) is 67.6 cm³/mol. The summed E-state index contributed by atoms with van der Waals surface area (Å²) in [5, 5.41) is 2.82. The Morgan fingerprint density at radius 2 is 2.06 bits per heavy atom. The number of halogens is 3. The van der Waals surface area contributed by atoms with E-state index in [1.807, 2.05) is 6.26 Å². The van der Waals surface area contributed by atoms with Crippen LogP contribution in [0, 0.1) is 0 Å². The summed E-state index contributed by atoms with van der Waals surface area (Å²) >= 11 is 1.73. The topological polar surface area (TPSA) is 63.8 Å². The van der Waals surface area contributed by atoms with Crippen molar-refractivity contribution in [3.05, 3.63) is 11.8 Å². The highest BCUT2D eigenvalue weighted by Crippen LogP contribution is 2.29. The molecule has 1 rings (SSSR count). The molecule has 102 valence electrons. The second-order valence-electron chi connectivity index (χ2n) is 3.62. The molecule has 0 saturated heterocycles. The molecule has 18 heavy (non-hydrogen) atoms. The van der Waals surface area contributed by atoms with Gasteiger partial charge in [0.05, 0.1) is 0 Å². The maximum atomic E-state index is 12.5. The first kappa shape index (κ1) is 14.9. The number of nitrogen functional groups attached to an aromatic ring is 1. The van der Waals surface area contributed by atoms with Crippen molar-refractivity contribution in [2.24, 2.45) is 0 Å². The van der Waals surface area contributed by atoms with Crippen molar-refractivity contribution in [3.63, 3.8) is 0 Å². The number of nitrogens with zero attached hydrogens (tertiary/aromatic N) is 2. The molecule has 1 heterocycles. The van der Waals surface area contributed by atoms with Gasteiger partial charge in [0.25, 0.3) is 0 Å². The summed E-state index contributed by atoms with van der Waals surface area (Å²) in [6, 6.07) is 0.866. The Kier molecular flexibility index (Phi) is 5.52. The minimum absolute atomic E-state index is 0.110. The molecule has 0 aromatic carbocycles. The molecule has 0 radical (unpaired) electrons. The van der Waals surface area contributed by atoms with Crippen LogP contribution in [0.5, 0.6) is 0 Å². The number of nitrogens with one attached hydrogen (secondary N) is 1. The van der Waals surface area contributed by atoms with E-state index in [-0.39, 0.29) is 11.8 Å². The number of rotatable bonds is 6. The molecule has 3 N–H and O–H groups in total. The molecule has 0 aliphatic heterocycles. The maximum Gasteiger partial charge on any atom is 0.433 e. The van der Waals surface area contributed by atoms with Crippen molar-refractivity contribution in [3.8, 4) is 0 Å². The number of hydrogen-bond donors (Lipinski definition) is 2. The Morgan fingerprint density at radius 3 is 2.67 bits per heavy atom. The molecule has 0 spiro atoms. The minimum atomic E-state index is -4.51. The molecular weight excluding hydrogens is 265 g/mol. The Morgan fingerprint density at radius 1 is 1.33 bits per heavy atom. The van der Waals surface area contributed by atoms with Gasteiger partial charge in [-0.3, -0.25) is 0 Å². The van der Waals surface area contributed by atoms with Crippen molar-refractivity contribution in [1.82, 2.24) is 9.97 Å². The van der Waals surface area contributed by atoms with E-state index in [1.54, 1.807) is 11.8 Å². The van der Waals surface area contributed by atoms with Crippen LogP contribution in [0.1, 0.15) is 18.5 Å². The van der Waals surface area contributed by atoms with Gasteiger partial charge in [-0.2, -0.15) is 29.9 Å². The summed E-state index contributed by atoms with van der Waals surface area (Å²) in [6.07, 6.45) is -0.631. The van der Waals surface area contributed by atoms with E-state index in [9.17, 15) is 13.2 Å². The fourth-order valence-corrected chi connectivity index (χ4v) is 1.78. The molecule has 0 fully saturated rings. The summed E-state index contributed by atoms with van der Waals surface area (Å²) in [5.74, 6) is 0.761. The molecule has 0 amide bonds. The van der Waals surface area contributed by atoms with Crippen LogP contribution in [-0.4, -0.2) is 28.5 Å². The first-order chi connectivity index (χ1) is 8.43. The quantitative estimate of drug-likeness (QED) is 0.784. The Labute approximate surface area is 108 Å². The van der Waals surface area contributed by atoms with Crippen molar-refractivity contribution >= 4 is 23.5 Å². The molecule has 1 aromatic heterocycles. The van der Waals surface area contributed by atoms with E-state index < -0.39 is 11.9 Å². The van der Waals surface area contributed by atoms with Crippen LogP contribution in [0.4, 0.5) is 24.9 Å². The molecule has 0 atom stereocenters. The summed E-state index contributed by atoms with van der Waals surface area (Å²) in [4.78, 5) is 6.88. The van der Waals surface area contributed by atoms with Gasteiger partial charge in [-0.05, 0) is 24.9 Å². The Hall–Kier alpha value is -1.18. The van der Waals surface area contributed by atoms with Gasteiger partial charge in [-0.15, -0.1) is 0 Å². The summed E-state index contributed by atoms with van der Waals surface area (Å²) in [5.41, 5.74) is 4.22. The molecule has 8 heteroatoms. The van der Waals surface area contributed by atoms with Crippen LogP contribution in [-0.2, 0) is 6.18 Å². The minimum Gasteiger partial charge on any atom is -0.370 e. The molecule has 0 aliphatic rings. The average Bonchev–Trinajstić information content (AvgIpc) is 2.27. The highest BCUT2D eigenvalue weighted by atomic mass is 32.2. The van der Waals surface area contributed by atoms with E-state index in [0.29, 0.717) is 6.54 Å². The number of nitrogens with two attached hydrogens (primary N) is 1. The molecule has 4 nitrogen and oxygen atoms in total. The third-order valence-electron chi connectivity index (χ3n) is 2.12. The molecule has 0 aliphatic carbocycles. The first-order valence-electron chi connectivity index (χ1n) is 5.38. The predicted octanol–water partition coefficient (Wildman–Crippen LogP) is 2.63. The summed E-state index contributed by atoms with van der Waals surface area (Å²) in [7, 11) is 0. The molecule has 1 aromatic rings. The standard InChI is InChI=1S/C10H15F3N4S/c1-18-5-3-2-4-15-8-6-7(10(11,12)13)16-9(14)17-8/h6H,2-5H2,1H3,(H3,14,15,16,17). The number of alkyl halides is 3. The van der Waals surface area contributed by atoms with Crippen LogP contribution < -0.4 is 11.1 Å². The number of aromatic nitrogens is 2. The maximum absolute atomic E-state index is 12.5. The molecule has 0 bridgehead atoms. The summed E-state index contributed by atoms with van der Waals surface area (Å²) < 4.78 is 37.4. The van der Waals surface area contributed by atoms with E-state index in [0.717, 1.165) is 24.7 Å². The lowest BCUT2D eigenvalue weighted by Crippen LogP contribution is -2.13. The Balaban J connectivity index is 2.58. The molecular formula is C10H15F3N4S. The SMILES string of the molecule is CSCCCCNc1cc(C(F)(F)F)nc(N)n1. The highest BCUT2D eigenvalue weighted by molar-refractivity contribution is 7.98. The molecule has 0 unspecified atom stereocenters. The lowest BCUT2D eigenvalue weighted by atomic mass is 10.3. The van der Waals surface area contributed by atoms with E-state index >= 15 is 0 Å². The normalized spacial score (nSPS) is 11.6. The summed E-state index contributed by atoms with van der Waals surface area (Å²) in [6.45, 7) is 0.564. The second kappa shape index (κ2) is 6.67. The van der Waals surface area contributed by atoms with Crippen molar-refractivity contribution in [2.75, 3.05) is 29.6 Å². The zero-order valence-corrected chi connectivity index (χ0v) is 10.7. The third kappa shape index (κ3) is 4.99. The number of unbranched alkanes of at least 4 members (excludes halogenated alkanes) is 1. The number of hydrogen-bond acceptors (Lipinski definition) is 5. The zero-order chi connectivity index (χ0) is 13.6. The number of anilines is 2. The van der Waals surface area contributed by atoms with Crippen LogP contribution in [0.25, 0.3) is 0 Å². The smallest absolute Gasteiger partial charge is 0.370 e. The van der Waals surface area contributed by atoms with Crippen LogP contribution in [0.2, 0.25) is 0 Å². The average molecular weight is 280 g/mol. The fourth-order valence-electron chi connectivity index (χ4n) is 1.29. The van der Waals surface area contributed by atoms with Gasteiger partial charge in [-0.25, -0.2) is 4.98 Å². The van der Waals surface area contributed by atoms with E-state index in [4.69, 9.17) is 5.73 Å². The molecule has 0 saturated carbocycles. The van der Waals surface area contributed by atoms with Crippen molar-refractivity contribution in [2.45, 2.75) is 19.0 Å². The van der Waals surface area contributed by atoms with Crippen LogP contribution >= 0.6 is 11.8 Å². The highest BCUT2D eigenvalue weighted by Gasteiger charge is 2.33. The van der Waals surface area contributed by atoms with Gasteiger partial charge in [0.1, 0.15) is 5.82 Å². The first-order valence-corrected chi connectivity index (χ1v) is 6.77. The second-order valence-corrected chi connectivity index (χ2v) is 4.61. The lowest BCUT2D eigenvalue weighted by molar-refractivity contribution is -0.141. The largest absolute Gasteiger partial charge is 0.433 e. The van der Waals surface area contributed by atoms with Gasteiger partial charge in [0, 0.05) is 12.6 Å². The van der Waals surface area contributed by atoms with Gasteiger partial charge in [0.15, 0.2) is 5.69 Å². The van der Waals surface area contributed by atoms with Crippen molar-refractivity contribution in [1.29, 1.82) is 0 Å². The lowest BCUT2D eigenvalue weighted by Gasteiger charge is -2.10. The van der Waals surface area contributed by atoms with Crippen LogP contribution in [0.15, 0.2) is 6.07 Å².